The van der Waals surface area contributed by atoms with Crippen LogP contribution in [0.4, 0.5) is 5.69 Å². The number of nitrogens with one attached hydrogen (secondary N) is 1. The summed E-state index contributed by atoms with van der Waals surface area (Å²) in [5.74, 6) is 0.436. The highest BCUT2D eigenvalue weighted by molar-refractivity contribution is 7.99. The fourth-order valence-corrected chi connectivity index (χ4v) is 4.95. The van der Waals surface area contributed by atoms with Crippen LogP contribution in [0.1, 0.15) is 23.7 Å². The van der Waals surface area contributed by atoms with Crippen LogP contribution < -0.4 is 10.2 Å². The molecule has 30 heavy (non-hydrogen) atoms. The molecule has 4 rings (SSSR count). The Morgan fingerprint density at radius 2 is 2.27 bits per heavy atom. The largest absolute Gasteiger partial charge is 0.388 e. The van der Waals surface area contributed by atoms with Gasteiger partial charge in [0.1, 0.15) is 6.04 Å². The van der Waals surface area contributed by atoms with E-state index in [0.29, 0.717) is 41.1 Å². The number of pyridine rings is 1. The van der Waals surface area contributed by atoms with Crippen LogP contribution in [-0.2, 0) is 4.79 Å². The summed E-state index contributed by atoms with van der Waals surface area (Å²) in [7, 11) is 0. The van der Waals surface area contributed by atoms with Gasteiger partial charge in [-0.25, -0.2) is 0 Å². The van der Waals surface area contributed by atoms with E-state index in [1.165, 1.54) is 16.7 Å². The van der Waals surface area contributed by atoms with Crippen LogP contribution in [0.15, 0.2) is 30.5 Å². The third-order valence-electron chi connectivity index (χ3n) is 5.54. The van der Waals surface area contributed by atoms with Crippen molar-refractivity contribution in [2.45, 2.75) is 25.0 Å². The molecule has 2 fully saturated rings. The number of rotatable bonds is 4. The highest BCUT2D eigenvalue weighted by Gasteiger charge is 2.32. The first-order valence-electron chi connectivity index (χ1n) is 9.79. The Hall–Kier alpha value is -2.83. The molecule has 2 amide bonds. The third-order valence-corrected chi connectivity index (χ3v) is 6.55. The average molecular weight is 426 g/mol. The summed E-state index contributed by atoms with van der Waals surface area (Å²) in [4.78, 5) is 33.2. The molecular weight excluding hydrogens is 402 g/mol. The van der Waals surface area contributed by atoms with Crippen LogP contribution >= 0.6 is 11.8 Å². The second-order valence-electron chi connectivity index (χ2n) is 7.92. The highest BCUT2D eigenvalue weighted by atomic mass is 32.2. The topological polar surface area (TPSA) is 110 Å². The van der Waals surface area contributed by atoms with E-state index in [2.05, 4.69) is 21.3 Å². The van der Waals surface area contributed by atoms with Crippen molar-refractivity contribution < 1.29 is 14.7 Å². The molecule has 2 aliphatic rings. The first-order valence-corrected chi connectivity index (χ1v) is 10.9. The minimum Gasteiger partial charge on any atom is -0.388 e. The zero-order chi connectivity index (χ0) is 21.3. The van der Waals surface area contributed by atoms with E-state index in [1.807, 2.05) is 25.1 Å². The normalized spacial score (nSPS) is 23.6. The number of β-amino-alcohol motifs (C(OH)–C–C–N with tert-alkyl or cyclic N) is 1. The number of carbonyl (C=O) groups is 2. The maximum Gasteiger partial charge on any atom is 0.252 e. The predicted octanol–water partition coefficient (Wildman–Crippen LogP) is 1.35. The van der Waals surface area contributed by atoms with Gasteiger partial charge in [0.05, 0.1) is 35.2 Å². The van der Waals surface area contributed by atoms with Gasteiger partial charge in [-0.15, -0.1) is 11.8 Å². The van der Waals surface area contributed by atoms with Crippen LogP contribution in [0.25, 0.3) is 10.9 Å². The molecule has 1 aromatic heterocycles. The number of aromatic nitrogens is 1. The number of thioether (sulfide) groups is 1. The highest BCUT2D eigenvalue weighted by Crippen LogP contribution is 2.29. The molecule has 156 valence electrons. The molecule has 0 radical (unpaired) electrons. The number of hydrogen-bond donors (Lipinski definition) is 2. The molecular formula is C21H23N5O3S. The number of benzene rings is 1. The maximum absolute atomic E-state index is 12.8. The van der Waals surface area contributed by atoms with Gasteiger partial charge in [-0.05, 0) is 37.6 Å². The van der Waals surface area contributed by atoms with Crippen LogP contribution in [0.2, 0.25) is 0 Å². The van der Waals surface area contributed by atoms with Crippen LogP contribution in [-0.4, -0.2) is 69.7 Å². The minimum atomic E-state index is -0.723. The van der Waals surface area contributed by atoms with Gasteiger partial charge in [-0.1, -0.05) is 0 Å². The number of nitrogens with zero attached hydrogens (tertiary/aromatic N) is 4. The van der Waals surface area contributed by atoms with Crippen molar-refractivity contribution >= 4 is 40.2 Å². The Bertz CT molecular complexity index is 1030. The van der Waals surface area contributed by atoms with E-state index in [0.717, 1.165) is 12.2 Å². The van der Waals surface area contributed by atoms with Crippen LogP contribution in [0.5, 0.6) is 0 Å². The van der Waals surface area contributed by atoms with Crippen molar-refractivity contribution in [1.82, 2.24) is 15.2 Å². The Morgan fingerprint density at radius 3 is 3.00 bits per heavy atom. The summed E-state index contributed by atoms with van der Waals surface area (Å²) in [6.45, 7) is 2.93. The van der Waals surface area contributed by atoms with Crippen molar-refractivity contribution in [3.63, 3.8) is 0 Å². The predicted molar refractivity (Wildman–Crippen MR) is 115 cm³/mol. The second-order valence-corrected chi connectivity index (χ2v) is 8.92. The zero-order valence-corrected chi connectivity index (χ0v) is 17.5. The maximum atomic E-state index is 12.8. The first-order chi connectivity index (χ1) is 14.4. The summed E-state index contributed by atoms with van der Waals surface area (Å²) in [5.41, 5.74) is 1.32. The number of carbonyl (C=O) groups excluding carboxylic acids is 2. The molecule has 2 N–H and O–H groups in total. The Balaban J connectivity index is 1.51. The zero-order valence-electron chi connectivity index (χ0n) is 16.7. The molecule has 2 atom stereocenters. The molecule has 1 aromatic carbocycles. The van der Waals surface area contributed by atoms with E-state index in [-0.39, 0.29) is 18.4 Å². The smallest absolute Gasteiger partial charge is 0.252 e. The molecule has 0 saturated carbocycles. The molecule has 2 saturated heterocycles. The molecule has 8 nitrogen and oxygen atoms in total. The number of hydrogen-bond acceptors (Lipinski definition) is 7. The van der Waals surface area contributed by atoms with Crippen molar-refractivity contribution in [1.29, 1.82) is 5.26 Å². The summed E-state index contributed by atoms with van der Waals surface area (Å²) < 4.78 is 0. The first kappa shape index (κ1) is 20.4. The Morgan fingerprint density at radius 1 is 1.43 bits per heavy atom. The summed E-state index contributed by atoms with van der Waals surface area (Å²) in [5, 5.41) is 22.8. The number of amides is 2. The van der Waals surface area contributed by atoms with E-state index >= 15 is 0 Å². The minimum absolute atomic E-state index is 0.157. The monoisotopic (exact) mass is 425 g/mol. The lowest BCUT2D eigenvalue weighted by molar-refractivity contribution is -0.129. The Labute approximate surface area is 178 Å². The van der Waals surface area contributed by atoms with Gasteiger partial charge in [0.2, 0.25) is 5.91 Å². The number of nitriles is 1. The molecule has 2 aromatic rings. The molecule has 0 bridgehead atoms. The fraction of sp³-hybridized carbons (Fsp3) is 0.429. The average Bonchev–Trinajstić information content (AvgIpc) is 3.36. The standard InChI is InChI=1S/C21H23N5O3S/c1-21(29)5-7-25(12-21)14-2-3-18-17(8-14)16(4-6-23-18)20(28)24-10-19(27)26-13-30-11-15(26)9-22/h2-4,6,8,15,29H,5,7,10-13H2,1H3,(H,24,28)/t15-,21+/m1/s1. The lowest BCUT2D eigenvalue weighted by Gasteiger charge is -2.21. The summed E-state index contributed by atoms with van der Waals surface area (Å²) in [6, 6.07) is 9.01. The van der Waals surface area contributed by atoms with Crippen LogP contribution in [0.3, 0.4) is 0 Å². The number of anilines is 1. The second kappa shape index (κ2) is 8.13. The number of aliphatic hydroxyl groups is 1. The van der Waals surface area contributed by atoms with E-state index in [9.17, 15) is 14.7 Å². The van der Waals surface area contributed by atoms with Gasteiger partial charge in [0, 0.05) is 36.1 Å². The summed E-state index contributed by atoms with van der Waals surface area (Å²) in [6.07, 6.45) is 2.26. The Kier molecular flexibility index (Phi) is 5.54. The lowest BCUT2D eigenvalue weighted by Crippen LogP contribution is -2.42. The van der Waals surface area contributed by atoms with E-state index < -0.39 is 11.6 Å². The lowest BCUT2D eigenvalue weighted by atomic mass is 10.1. The summed E-state index contributed by atoms with van der Waals surface area (Å²) >= 11 is 1.53. The van der Waals surface area contributed by atoms with Gasteiger partial charge in [0.15, 0.2) is 0 Å². The van der Waals surface area contributed by atoms with Gasteiger partial charge >= 0.3 is 0 Å². The van der Waals surface area contributed by atoms with Crippen molar-refractivity contribution in [3.05, 3.63) is 36.0 Å². The van der Waals surface area contributed by atoms with Crippen molar-refractivity contribution in [2.24, 2.45) is 0 Å². The molecule has 2 aliphatic heterocycles. The fourth-order valence-electron chi connectivity index (χ4n) is 3.84. The molecule has 0 aliphatic carbocycles. The van der Waals surface area contributed by atoms with Gasteiger partial charge < -0.3 is 20.2 Å². The molecule has 0 unspecified atom stereocenters. The molecule has 3 heterocycles. The quantitative estimate of drug-likeness (QED) is 0.761. The van der Waals surface area contributed by atoms with Gasteiger partial charge in [-0.3, -0.25) is 14.6 Å². The van der Waals surface area contributed by atoms with Crippen molar-refractivity contribution in [2.75, 3.05) is 36.2 Å². The van der Waals surface area contributed by atoms with Gasteiger partial charge in [-0.2, -0.15) is 5.26 Å². The number of fused-ring (bicyclic) bond motifs is 1. The third kappa shape index (κ3) is 4.06. The van der Waals surface area contributed by atoms with Gasteiger partial charge in [0.25, 0.3) is 5.91 Å². The van der Waals surface area contributed by atoms with Crippen LogP contribution in [0, 0.1) is 11.3 Å². The SMILES string of the molecule is C[C@]1(O)CCN(c2ccc3nccc(C(=O)NCC(=O)N4CSC[C@H]4C#N)c3c2)C1. The molecule has 0 spiro atoms. The van der Waals surface area contributed by atoms with Crippen molar-refractivity contribution in [3.8, 4) is 6.07 Å². The van der Waals surface area contributed by atoms with E-state index in [4.69, 9.17) is 5.26 Å². The van der Waals surface area contributed by atoms with E-state index in [1.54, 1.807) is 12.3 Å². The molecule has 9 heteroatoms.